The van der Waals surface area contributed by atoms with Crippen molar-refractivity contribution in [3.63, 3.8) is 0 Å². The molecule has 0 fully saturated rings. The monoisotopic (exact) mass is 290 g/mol. The van der Waals surface area contributed by atoms with Gasteiger partial charge in [0.1, 0.15) is 6.54 Å². The molecule has 116 valence electrons. The summed E-state index contributed by atoms with van der Waals surface area (Å²) in [6.45, 7) is 4.01. The predicted octanol–water partition coefficient (Wildman–Crippen LogP) is -0.193. The van der Waals surface area contributed by atoms with Gasteiger partial charge in [-0.2, -0.15) is 0 Å². The highest BCUT2D eigenvalue weighted by Gasteiger charge is 2.18. The molecule has 0 aliphatic carbocycles. The summed E-state index contributed by atoms with van der Waals surface area (Å²) in [4.78, 5) is 34.8. The standard InChI is InChI=1S/C12H22N2O6/c1-3-7-14(8-10(16)20-4-2)12(19)13-6-5-9(15)11(17)18/h9,15H,3-8H2,1-2H3,(H,13,19)(H,17,18). The molecule has 0 aliphatic rings. The third-order valence-electron chi connectivity index (χ3n) is 2.39. The summed E-state index contributed by atoms with van der Waals surface area (Å²) in [5.74, 6) is -1.84. The lowest BCUT2D eigenvalue weighted by molar-refractivity contribution is -0.146. The van der Waals surface area contributed by atoms with E-state index in [1.165, 1.54) is 4.90 Å². The number of esters is 1. The van der Waals surface area contributed by atoms with E-state index in [0.29, 0.717) is 13.0 Å². The van der Waals surface area contributed by atoms with Crippen LogP contribution in [0.2, 0.25) is 0 Å². The number of carboxylic acids is 1. The van der Waals surface area contributed by atoms with Crippen molar-refractivity contribution < 1.29 is 29.3 Å². The average Bonchev–Trinajstić information content (AvgIpc) is 2.38. The number of hydrogen-bond donors (Lipinski definition) is 3. The van der Waals surface area contributed by atoms with Crippen LogP contribution >= 0.6 is 0 Å². The van der Waals surface area contributed by atoms with E-state index in [0.717, 1.165) is 0 Å². The van der Waals surface area contributed by atoms with Crippen molar-refractivity contribution in [1.82, 2.24) is 10.2 Å². The Balaban J connectivity index is 4.21. The van der Waals surface area contributed by atoms with Gasteiger partial charge in [-0.25, -0.2) is 9.59 Å². The first-order chi connectivity index (χ1) is 9.42. The molecular formula is C12H22N2O6. The first-order valence-corrected chi connectivity index (χ1v) is 6.51. The molecule has 0 bridgehead atoms. The number of ether oxygens (including phenoxy) is 1. The first kappa shape index (κ1) is 18.2. The van der Waals surface area contributed by atoms with Gasteiger partial charge >= 0.3 is 18.0 Å². The molecule has 0 saturated carbocycles. The molecule has 20 heavy (non-hydrogen) atoms. The van der Waals surface area contributed by atoms with Crippen LogP contribution < -0.4 is 5.32 Å². The summed E-state index contributed by atoms with van der Waals surface area (Å²) in [5, 5.41) is 20.0. The van der Waals surface area contributed by atoms with Crippen molar-refractivity contribution in [2.24, 2.45) is 0 Å². The fourth-order valence-corrected chi connectivity index (χ4v) is 1.44. The van der Waals surface area contributed by atoms with Crippen LogP contribution in [-0.2, 0) is 14.3 Å². The van der Waals surface area contributed by atoms with Crippen LogP contribution in [0, 0.1) is 0 Å². The largest absolute Gasteiger partial charge is 0.479 e. The van der Waals surface area contributed by atoms with Crippen molar-refractivity contribution in [3.05, 3.63) is 0 Å². The van der Waals surface area contributed by atoms with E-state index in [4.69, 9.17) is 14.9 Å². The Morgan fingerprint density at radius 3 is 2.45 bits per heavy atom. The van der Waals surface area contributed by atoms with Crippen molar-refractivity contribution in [2.75, 3.05) is 26.2 Å². The molecule has 0 radical (unpaired) electrons. The van der Waals surface area contributed by atoms with Gasteiger partial charge in [0.25, 0.3) is 0 Å². The zero-order valence-electron chi connectivity index (χ0n) is 11.8. The Labute approximate surface area is 117 Å². The number of hydrogen-bond acceptors (Lipinski definition) is 5. The van der Waals surface area contributed by atoms with Gasteiger partial charge in [-0.3, -0.25) is 4.79 Å². The molecule has 8 nitrogen and oxygen atoms in total. The fourth-order valence-electron chi connectivity index (χ4n) is 1.44. The van der Waals surface area contributed by atoms with Crippen LogP contribution in [-0.4, -0.2) is 65.4 Å². The molecule has 0 aromatic heterocycles. The number of aliphatic hydroxyl groups is 1. The summed E-state index contributed by atoms with van der Waals surface area (Å²) in [5.41, 5.74) is 0. The normalized spacial score (nSPS) is 11.6. The smallest absolute Gasteiger partial charge is 0.332 e. The van der Waals surface area contributed by atoms with Gasteiger partial charge in [0.2, 0.25) is 0 Å². The number of carboxylic acid groups (broad SMARTS) is 1. The Bertz CT molecular complexity index is 334. The van der Waals surface area contributed by atoms with Crippen LogP contribution in [0.25, 0.3) is 0 Å². The number of aliphatic hydroxyl groups excluding tert-OH is 1. The van der Waals surface area contributed by atoms with Crippen LogP contribution in [0.4, 0.5) is 4.79 Å². The lowest BCUT2D eigenvalue weighted by atomic mass is 10.2. The number of nitrogens with zero attached hydrogens (tertiary/aromatic N) is 1. The van der Waals surface area contributed by atoms with Gasteiger partial charge in [-0.15, -0.1) is 0 Å². The molecule has 3 N–H and O–H groups in total. The minimum atomic E-state index is -1.51. The highest BCUT2D eigenvalue weighted by Crippen LogP contribution is 1.96. The number of amides is 2. The molecule has 0 saturated heterocycles. The zero-order valence-corrected chi connectivity index (χ0v) is 11.8. The number of carbonyl (C=O) groups is 3. The maximum absolute atomic E-state index is 11.8. The van der Waals surface area contributed by atoms with Gasteiger partial charge < -0.3 is 25.2 Å². The minimum absolute atomic E-state index is 0.00927. The predicted molar refractivity (Wildman–Crippen MR) is 70.2 cm³/mol. The second kappa shape index (κ2) is 10.0. The molecule has 0 heterocycles. The highest BCUT2D eigenvalue weighted by molar-refractivity contribution is 5.81. The van der Waals surface area contributed by atoms with Crippen molar-refractivity contribution in [3.8, 4) is 0 Å². The Hall–Kier alpha value is -1.83. The lowest BCUT2D eigenvalue weighted by Crippen LogP contribution is -2.44. The van der Waals surface area contributed by atoms with E-state index in [2.05, 4.69) is 5.32 Å². The Morgan fingerprint density at radius 2 is 1.95 bits per heavy atom. The molecule has 2 amide bonds. The van der Waals surface area contributed by atoms with E-state index in [-0.39, 0.29) is 26.1 Å². The molecule has 0 spiro atoms. The molecule has 8 heteroatoms. The van der Waals surface area contributed by atoms with Crippen LogP contribution in [0.3, 0.4) is 0 Å². The molecule has 0 aliphatic heterocycles. The summed E-state index contributed by atoms with van der Waals surface area (Å²) >= 11 is 0. The molecular weight excluding hydrogens is 268 g/mol. The van der Waals surface area contributed by atoms with Crippen LogP contribution in [0.5, 0.6) is 0 Å². The van der Waals surface area contributed by atoms with Crippen molar-refractivity contribution >= 4 is 18.0 Å². The van der Waals surface area contributed by atoms with E-state index in [9.17, 15) is 14.4 Å². The maximum atomic E-state index is 11.8. The summed E-state index contributed by atoms with van der Waals surface area (Å²) in [6, 6.07) is -0.488. The summed E-state index contributed by atoms with van der Waals surface area (Å²) in [6.07, 6.45) is -0.939. The number of carbonyl (C=O) groups excluding carboxylic acids is 2. The molecule has 0 aromatic rings. The maximum Gasteiger partial charge on any atom is 0.332 e. The number of urea groups is 1. The molecule has 1 atom stereocenters. The SMILES string of the molecule is CCCN(CC(=O)OCC)C(=O)NCCC(O)C(=O)O. The molecule has 0 aromatic carbocycles. The van der Waals surface area contributed by atoms with E-state index >= 15 is 0 Å². The van der Waals surface area contributed by atoms with E-state index in [1.54, 1.807) is 6.92 Å². The van der Waals surface area contributed by atoms with Gasteiger partial charge in [0.15, 0.2) is 6.10 Å². The van der Waals surface area contributed by atoms with Gasteiger partial charge in [-0.1, -0.05) is 6.92 Å². The van der Waals surface area contributed by atoms with E-state index < -0.39 is 24.1 Å². The summed E-state index contributed by atoms with van der Waals surface area (Å²) in [7, 11) is 0. The van der Waals surface area contributed by atoms with E-state index in [1.807, 2.05) is 6.92 Å². The lowest BCUT2D eigenvalue weighted by Gasteiger charge is -2.21. The highest BCUT2D eigenvalue weighted by atomic mass is 16.5. The van der Waals surface area contributed by atoms with Gasteiger partial charge in [0.05, 0.1) is 6.61 Å². The van der Waals surface area contributed by atoms with Gasteiger partial charge in [0, 0.05) is 19.5 Å². The molecule has 0 rings (SSSR count). The quantitative estimate of drug-likeness (QED) is 0.507. The number of rotatable bonds is 9. The van der Waals surface area contributed by atoms with Crippen LogP contribution in [0.1, 0.15) is 26.7 Å². The van der Waals surface area contributed by atoms with Crippen molar-refractivity contribution in [2.45, 2.75) is 32.8 Å². The Morgan fingerprint density at radius 1 is 1.30 bits per heavy atom. The number of nitrogens with one attached hydrogen (secondary N) is 1. The second-order valence-corrected chi connectivity index (χ2v) is 4.10. The second-order valence-electron chi connectivity index (χ2n) is 4.10. The van der Waals surface area contributed by atoms with Crippen molar-refractivity contribution in [1.29, 1.82) is 0 Å². The first-order valence-electron chi connectivity index (χ1n) is 6.51. The number of aliphatic carboxylic acids is 1. The third kappa shape index (κ3) is 7.57. The minimum Gasteiger partial charge on any atom is -0.479 e. The average molecular weight is 290 g/mol. The fraction of sp³-hybridized carbons (Fsp3) is 0.750. The third-order valence-corrected chi connectivity index (χ3v) is 2.39. The Kier molecular flexibility index (Phi) is 9.10. The molecule has 1 unspecified atom stereocenters. The zero-order chi connectivity index (χ0) is 15.5. The van der Waals surface area contributed by atoms with Crippen LogP contribution in [0.15, 0.2) is 0 Å². The topological polar surface area (TPSA) is 116 Å². The van der Waals surface area contributed by atoms with Gasteiger partial charge in [-0.05, 0) is 13.3 Å². The summed E-state index contributed by atoms with van der Waals surface area (Å²) < 4.78 is 4.76.